The standard InChI is InChI=1S/C21H24ClN3O2/c22-19-8-6-17(7-9-19)20(26)23-10-11-24-21(27)18-5-3-4-16(14-18)15-25-12-1-2-13-25/h3-9,14H,1-2,10-13,15H2,(H,23,26)(H,24,27). The zero-order valence-corrected chi connectivity index (χ0v) is 16.0. The second-order valence-electron chi connectivity index (χ2n) is 6.70. The average Bonchev–Trinajstić information content (AvgIpc) is 3.18. The maximum absolute atomic E-state index is 12.3. The molecular formula is C21H24ClN3O2. The van der Waals surface area contributed by atoms with Crippen LogP contribution in [0.3, 0.4) is 0 Å². The first-order valence-electron chi connectivity index (χ1n) is 9.25. The van der Waals surface area contributed by atoms with E-state index in [1.165, 1.54) is 12.8 Å². The van der Waals surface area contributed by atoms with Crippen LogP contribution in [0.4, 0.5) is 0 Å². The van der Waals surface area contributed by atoms with Gasteiger partial charge < -0.3 is 10.6 Å². The average molecular weight is 386 g/mol. The number of hydrogen-bond acceptors (Lipinski definition) is 3. The Morgan fingerprint density at radius 3 is 2.19 bits per heavy atom. The SMILES string of the molecule is O=C(NCCNC(=O)c1cccc(CN2CCCC2)c1)c1ccc(Cl)cc1. The monoisotopic (exact) mass is 385 g/mol. The number of hydrogen-bond donors (Lipinski definition) is 2. The van der Waals surface area contributed by atoms with Crippen LogP contribution in [0.2, 0.25) is 5.02 Å². The van der Waals surface area contributed by atoms with Gasteiger partial charge in [-0.2, -0.15) is 0 Å². The Kier molecular flexibility index (Phi) is 6.85. The molecule has 1 saturated heterocycles. The van der Waals surface area contributed by atoms with Gasteiger partial charge in [0, 0.05) is 35.8 Å². The minimum Gasteiger partial charge on any atom is -0.350 e. The van der Waals surface area contributed by atoms with Crippen molar-refractivity contribution in [1.29, 1.82) is 0 Å². The third kappa shape index (κ3) is 5.81. The zero-order chi connectivity index (χ0) is 19.1. The van der Waals surface area contributed by atoms with E-state index in [4.69, 9.17) is 11.6 Å². The summed E-state index contributed by atoms with van der Waals surface area (Å²) in [6.45, 7) is 3.88. The van der Waals surface area contributed by atoms with Gasteiger partial charge in [0.1, 0.15) is 0 Å². The lowest BCUT2D eigenvalue weighted by Gasteiger charge is -2.15. The van der Waals surface area contributed by atoms with Gasteiger partial charge in [0.25, 0.3) is 11.8 Å². The van der Waals surface area contributed by atoms with Gasteiger partial charge in [0.2, 0.25) is 0 Å². The molecule has 1 aliphatic rings. The summed E-state index contributed by atoms with van der Waals surface area (Å²) in [5.74, 6) is -0.312. The fraction of sp³-hybridized carbons (Fsp3) is 0.333. The predicted octanol–water partition coefficient (Wildman–Crippen LogP) is 3.10. The maximum Gasteiger partial charge on any atom is 0.251 e. The molecule has 0 unspecified atom stereocenters. The lowest BCUT2D eigenvalue weighted by molar-refractivity contribution is 0.0927. The quantitative estimate of drug-likeness (QED) is 0.720. The largest absolute Gasteiger partial charge is 0.350 e. The van der Waals surface area contributed by atoms with E-state index in [1.54, 1.807) is 24.3 Å². The Balaban J connectivity index is 1.43. The smallest absolute Gasteiger partial charge is 0.251 e. The van der Waals surface area contributed by atoms with Gasteiger partial charge in [-0.05, 0) is 67.9 Å². The summed E-state index contributed by atoms with van der Waals surface area (Å²) in [4.78, 5) is 26.7. The highest BCUT2D eigenvalue weighted by Crippen LogP contribution is 2.14. The van der Waals surface area contributed by atoms with Crippen molar-refractivity contribution in [2.24, 2.45) is 0 Å². The molecule has 0 bridgehead atoms. The van der Waals surface area contributed by atoms with E-state index in [9.17, 15) is 9.59 Å². The minimum atomic E-state index is -0.187. The van der Waals surface area contributed by atoms with Crippen LogP contribution in [-0.4, -0.2) is 42.9 Å². The first kappa shape index (κ1) is 19.4. The number of carbonyl (C=O) groups is 2. The highest BCUT2D eigenvalue weighted by molar-refractivity contribution is 6.30. The van der Waals surface area contributed by atoms with Crippen LogP contribution in [-0.2, 0) is 6.54 Å². The lowest BCUT2D eigenvalue weighted by atomic mass is 10.1. The van der Waals surface area contributed by atoms with E-state index in [0.717, 1.165) is 25.2 Å². The number of likely N-dealkylation sites (tertiary alicyclic amines) is 1. The molecule has 2 aromatic carbocycles. The zero-order valence-electron chi connectivity index (χ0n) is 15.2. The van der Waals surface area contributed by atoms with Crippen LogP contribution >= 0.6 is 11.6 Å². The molecule has 2 N–H and O–H groups in total. The number of amides is 2. The third-order valence-electron chi connectivity index (χ3n) is 4.60. The van der Waals surface area contributed by atoms with Gasteiger partial charge in [0.15, 0.2) is 0 Å². The molecule has 0 aromatic heterocycles. The van der Waals surface area contributed by atoms with Gasteiger partial charge in [0.05, 0.1) is 0 Å². The van der Waals surface area contributed by atoms with Gasteiger partial charge in [-0.1, -0.05) is 23.7 Å². The number of nitrogens with zero attached hydrogens (tertiary/aromatic N) is 1. The molecule has 0 saturated carbocycles. The van der Waals surface area contributed by atoms with Crippen LogP contribution in [0.15, 0.2) is 48.5 Å². The molecule has 0 radical (unpaired) electrons. The van der Waals surface area contributed by atoms with Crippen LogP contribution in [0.1, 0.15) is 39.1 Å². The molecule has 1 heterocycles. The fourth-order valence-electron chi connectivity index (χ4n) is 3.17. The van der Waals surface area contributed by atoms with Crippen molar-refractivity contribution in [3.8, 4) is 0 Å². The van der Waals surface area contributed by atoms with Crippen molar-refractivity contribution < 1.29 is 9.59 Å². The van der Waals surface area contributed by atoms with E-state index in [0.29, 0.717) is 29.2 Å². The molecule has 27 heavy (non-hydrogen) atoms. The summed E-state index contributed by atoms with van der Waals surface area (Å²) in [6, 6.07) is 14.4. The highest BCUT2D eigenvalue weighted by atomic mass is 35.5. The van der Waals surface area contributed by atoms with E-state index >= 15 is 0 Å². The van der Waals surface area contributed by atoms with Crippen molar-refractivity contribution in [3.05, 3.63) is 70.2 Å². The predicted molar refractivity (Wildman–Crippen MR) is 107 cm³/mol. The van der Waals surface area contributed by atoms with Gasteiger partial charge in [-0.3, -0.25) is 14.5 Å². The maximum atomic E-state index is 12.3. The normalized spacial score (nSPS) is 14.1. The van der Waals surface area contributed by atoms with Gasteiger partial charge in [-0.25, -0.2) is 0 Å². The number of carbonyl (C=O) groups excluding carboxylic acids is 2. The van der Waals surface area contributed by atoms with Crippen LogP contribution in [0.5, 0.6) is 0 Å². The first-order valence-corrected chi connectivity index (χ1v) is 9.63. The fourth-order valence-corrected chi connectivity index (χ4v) is 3.29. The molecule has 0 spiro atoms. The molecule has 2 aromatic rings. The molecular weight excluding hydrogens is 362 g/mol. The Hall–Kier alpha value is -2.37. The van der Waals surface area contributed by atoms with E-state index in [-0.39, 0.29) is 11.8 Å². The first-order chi connectivity index (χ1) is 13.1. The Labute approximate surface area is 164 Å². The van der Waals surface area contributed by atoms with Crippen molar-refractivity contribution in [3.63, 3.8) is 0 Å². The van der Waals surface area contributed by atoms with Crippen LogP contribution in [0, 0.1) is 0 Å². The molecule has 1 fully saturated rings. The summed E-state index contributed by atoms with van der Waals surface area (Å²) < 4.78 is 0. The van der Waals surface area contributed by atoms with E-state index in [2.05, 4.69) is 21.6 Å². The van der Waals surface area contributed by atoms with Crippen molar-refractivity contribution >= 4 is 23.4 Å². The summed E-state index contributed by atoms with van der Waals surface area (Å²) in [5.41, 5.74) is 2.34. The van der Waals surface area contributed by atoms with Crippen molar-refractivity contribution in [1.82, 2.24) is 15.5 Å². The number of benzene rings is 2. The van der Waals surface area contributed by atoms with Gasteiger partial charge >= 0.3 is 0 Å². The van der Waals surface area contributed by atoms with Crippen molar-refractivity contribution in [2.75, 3.05) is 26.2 Å². The number of nitrogens with one attached hydrogen (secondary N) is 2. The number of rotatable bonds is 7. The Bertz CT molecular complexity index is 786. The van der Waals surface area contributed by atoms with E-state index in [1.807, 2.05) is 18.2 Å². The summed E-state index contributed by atoms with van der Waals surface area (Å²) in [5, 5.41) is 6.22. The Morgan fingerprint density at radius 1 is 0.889 bits per heavy atom. The lowest BCUT2D eigenvalue weighted by Crippen LogP contribution is -2.34. The van der Waals surface area contributed by atoms with Crippen LogP contribution < -0.4 is 10.6 Å². The highest BCUT2D eigenvalue weighted by Gasteiger charge is 2.13. The molecule has 0 aliphatic carbocycles. The van der Waals surface area contributed by atoms with Gasteiger partial charge in [-0.15, -0.1) is 0 Å². The van der Waals surface area contributed by atoms with Crippen LogP contribution in [0.25, 0.3) is 0 Å². The minimum absolute atomic E-state index is 0.126. The summed E-state index contributed by atoms with van der Waals surface area (Å²) in [7, 11) is 0. The second-order valence-corrected chi connectivity index (χ2v) is 7.14. The third-order valence-corrected chi connectivity index (χ3v) is 4.85. The van der Waals surface area contributed by atoms with Crippen molar-refractivity contribution in [2.45, 2.75) is 19.4 Å². The van der Waals surface area contributed by atoms with E-state index < -0.39 is 0 Å². The molecule has 3 rings (SSSR count). The molecule has 0 atom stereocenters. The summed E-state index contributed by atoms with van der Waals surface area (Å²) >= 11 is 5.81. The molecule has 2 amide bonds. The molecule has 5 nitrogen and oxygen atoms in total. The topological polar surface area (TPSA) is 61.4 Å². The molecule has 1 aliphatic heterocycles. The summed E-state index contributed by atoms with van der Waals surface area (Å²) in [6.07, 6.45) is 2.50. The second kappa shape index (κ2) is 9.53. The number of halogens is 1. The Morgan fingerprint density at radius 2 is 1.52 bits per heavy atom. The molecule has 6 heteroatoms. The molecule has 142 valence electrons.